The number of nitrogens with one attached hydrogen (secondary N) is 1. The number of carbonyl (C=O) groups excluding carboxylic acids is 1. The van der Waals surface area contributed by atoms with Crippen LogP contribution in [0.1, 0.15) is 28.1 Å². The zero-order chi connectivity index (χ0) is 17.2. The molecule has 4 rings (SSSR count). The van der Waals surface area contributed by atoms with Crippen molar-refractivity contribution in [1.29, 1.82) is 0 Å². The van der Waals surface area contributed by atoms with Gasteiger partial charge in [-0.3, -0.25) is 4.79 Å². The van der Waals surface area contributed by atoms with Gasteiger partial charge in [-0.25, -0.2) is 9.97 Å². The van der Waals surface area contributed by atoms with Crippen molar-refractivity contribution in [2.45, 2.75) is 18.9 Å². The van der Waals surface area contributed by atoms with Crippen molar-refractivity contribution in [3.63, 3.8) is 0 Å². The Morgan fingerprint density at radius 2 is 2.08 bits per heavy atom. The van der Waals surface area contributed by atoms with Crippen molar-refractivity contribution >= 4 is 33.3 Å². The minimum atomic E-state index is -0.208. The highest BCUT2D eigenvalue weighted by Crippen LogP contribution is 2.29. The number of anilines is 1. The molecule has 0 spiro atoms. The molecule has 0 unspecified atom stereocenters. The lowest BCUT2D eigenvalue weighted by Gasteiger charge is -2.22. The van der Waals surface area contributed by atoms with Gasteiger partial charge in [0, 0.05) is 30.8 Å². The summed E-state index contributed by atoms with van der Waals surface area (Å²) in [7, 11) is 0. The van der Waals surface area contributed by atoms with E-state index in [1.54, 1.807) is 30.5 Å². The fraction of sp³-hybridized carbons (Fsp3) is 0.278. The summed E-state index contributed by atoms with van der Waals surface area (Å²) in [5.41, 5.74) is 0.294. The largest absolute Gasteiger partial charge is 0.507 e. The third kappa shape index (κ3) is 3.33. The summed E-state index contributed by atoms with van der Waals surface area (Å²) in [5.74, 6) is 0.348. The molecule has 25 heavy (non-hydrogen) atoms. The van der Waals surface area contributed by atoms with E-state index in [-0.39, 0.29) is 11.5 Å². The summed E-state index contributed by atoms with van der Waals surface area (Å²) in [6.45, 7) is 1.50. The number of ether oxygens (including phenoxy) is 1. The first-order valence-corrected chi connectivity index (χ1v) is 8.96. The maximum atomic E-state index is 12.6. The molecule has 0 amide bonds. The minimum Gasteiger partial charge on any atom is -0.507 e. The van der Waals surface area contributed by atoms with E-state index in [1.807, 2.05) is 0 Å². The number of aromatic nitrogens is 2. The van der Waals surface area contributed by atoms with Crippen LogP contribution in [0.4, 0.5) is 5.95 Å². The Hall–Kier alpha value is -2.51. The zero-order valence-electron chi connectivity index (χ0n) is 13.4. The number of para-hydroxylation sites is 1. The monoisotopic (exact) mass is 355 g/mol. The fourth-order valence-electron chi connectivity index (χ4n) is 2.84. The van der Waals surface area contributed by atoms with E-state index in [9.17, 15) is 9.90 Å². The second-order valence-electron chi connectivity index (χ2n) is 5.94. The van der Waals surface area contributed by atoms with Crippen LogP contribution in [0.25, 0.3) is 10.2 Å². The van der Waals surface area contributed by atoms with Crippen LogP contribution < -0.4 is 5.32 Å². The van der Waals surface area contributed by atoms with Crippen molar-refractivity contribution in [3.05, 3.63) is 47.0 Å². The molecule has 2 aromatic heterocycles. The lowest BCUT2D eigenvalue weighted by atomic mass is 10.1. The number of nitrogens with zero attached hydrogens (tertiary/aromatic N) is 2. The van der Waals surface area contributed by atoms with Gasteiger partial charge in [0.2, 0.25) is 11.7 Å². The number of thiophene rings is 1. The Balaban J connectivity index is 1.59. The van der Waals surface area contributed by atoms with Crippen molar-refractivity contribution in [1.82, 2.24) is 9.97 Å². The van der Waals surface area contributed by atoms with Gasteiger partial charge in [-0.05, 0) is 31.0 Å². The molecule has 2 N–H and O–H groups in total. The summed E-state index contributed by atoms with van der Waals surface area (Å²) in [5, 5.41) is 14.0. The SMILES string of the molecule is O=C(c1cc2cnc(NC3CCOCC3)nc2s1)c1ccccc1O. The molecule has 0 atom stereocenters. The minimum absolute atomic E-state index is 0.0158. The second kappa shape index (κ2) is 6.78. The number of hydrogen-bond acceptors (Lipinski definition) is 7. The summed E-state index contributed by atoms with van der Waals surface area (Å²) < 4.78 is 5.35. The quantitative estimate of drug-likeness (QED) is 0.699. The number of carbonyl (C=O) groups is 1. The van der Waals surface area contributed by atoms with E-state index in [2.05, 4.69) is 15.3 Å². The Bertz CT molecular complexity index is 919. The molecule has 0 bridgehead atoms. The van der Waals surface area contributed by atoms with Crippen LogP contribution in [0.5, 0.6) is 5.75 Å². The van der Waals surface area contributed by atoms with Gasteiger partial charge in [-0.2, -0.15) is 0 Å². The number of ketones is 1. The highest BCUT2D eigenvalue weighted by atomic mass is 32.1. The third-order valence-corrected chi connectivity index (χ3v) is 5.24. The molecule has 0 aliphatic carbocycles. The number of benzene rings is 1. The molecule has 128 valence electrons. The van der Waals surface area contributed by atoms with E-state index in [0.717, 1.165) is 36.3 Å². The Morgan fingerprint density at radius 1 is 1.28 bits per heavy atom. The second-order valence-corrected chi connectivity index (χ2v) is 6.97. The maximum absolute atomic E-state index is 12.6. The standard InChI is InChI=1S/C18H17N3O3S/c22-14-4-2-1-3-13(14)16(23)15-9-11-10-19-18(21-17(11)25-15)20-12-5-7-24-8-6-12/h1-4,9-10,12,22H,5-8H2,(H,19,20,21). The summed E-state index contributed by atoms with van der Waals surface area (Å²) in [4.78, 5) is 22.8. The van der Waals surface area contributed by atoms with Gasteiger partial charge < -0.3 is 15.2 Å². The summed E-state index contributed by atoms with van der Waals surface area (Å²) in [6.07, 6.45) is 3.59. The third-order valence-electron chi connectivity index (χ3n) is 4.20. The fourth-order valence-corrected chi connectivity index (χ4v) is 3.79. The highest BCUT2D eigenvalue weighted by Gasteiger charge is 2.18. The number of fused-ring (bicyclic) bond motifs is 1. The van der Waals surface area contributed by atoms with E-state index < -0.39 is 0 Å². The number of phenolic OH excluding ortho intramolecular Hbond substituents is 1. The number of rotatable bonds is 4. The molecule has 1 aliphatic rings. The van der Waals surface area contributed by atoms with Crippen LogP contribution in [0.15, 0.2) is 36.5 Å². The molecule has 3 aromatic rings. The van der Waals surface area contributed by atoms with Crippen LogP contribution in [0, 0.1) is 0 Å². The molecule has 7 heteroatoms. The van der Waals surface area contributed by atoms with E-state index in [0.29, 0.717) is 22.4 Å². The lowest BCUT2D eigenvalue weighted by Crippen LogP contribution is -2.28. The Morgan fingerprint density at radius 3 is 2.88 bits per heavy atom. The molecule has 1 aliphatic heterocycles. The Kier molecular flexibility index (Phi) is 4.33. The van der Waals surface area contributed by atoms with Gasteiger partial charge in [0.05, 0.1) is 10.4 Å². The van der Waals surface area contributed by atoms with Crippen molar-refractivity contribution < 1.29 is 14.6 Å². The first-order chi connectivity index (χ1) is 12.2. The zero-order valence-corrected chi connectivity index (χ0v) is 14.3. The number of hydrogen-bond donors (Lipinski definition) is 2. The molecular weight excluding hydrogens is 338 g/mol. The van der Waals surface area contributed by atoms with Gasteiger partial charge in [-0.15, -0.1) is 11.3 Å². The number of phenols is 1. The normalized spacial score (nSPS) is 15.4. The molecule has 1 saturated heterocycles. The van der Waals surface area contributed by atoms with Gasteiger partial charge in [-0.1, -0.05) is 12.1 Å². The van der Waals surface area contributed by atoms with Crippen molar-refractivity contribution in [2.75, 3.05) is 18.5 Å². The average molecular weight is 355 g/mol. The first-order valence-electron chi connectivity index (χ1n) is 8.14. The number of aromatic hydroxyl groups is 1. The van der Waals surface area contributed by atoms with Crippen LogP contribution >= 0.6 is 11.3 Å². The van der Waals surface area contributed by atoms with Crippen molar-refractivity contribution in [3.8, 4) is 5.75 Å². The van der Waals surface area contributed by atoms with Crippen LogP contribution in [-0.4, -0.2) is 40.1 Å². The molecular formula is C18H17N3O3S. The van der Waals surface area contributed by atoms with Gasteiger partial charge in [0.25, 0.3) is 0 Å². The maximum Gasteiger partial charge on any atom is 0.224 e. The molecule has 0 saturated carbocycles. The van der Waals surface area contributed by atoms with Crippen LogP contribution in [0.3, 0.4) is 0 Å². The average Bonchev–Trinajstić information content (AvgIpc) is 3.06. The molecule has 6 nitrogen and oxygen atoms in total. The van der Waals surface area contributed by atoms with E-state index in [1.165, 1.54) is 17.4 Å². The molecule has 1 fully saturated rings. The van der Waals surface area contributed by atoms with Gasteiger partial charge >= 0.3 is 0 Å². The smallest absolute Gasteiger partial charge is 0.224 e. The summed E-state index contributed by atoms with van der Waals surface area (Å²) >= 11 is 1.31. The molecule has 3 heterocycles. The predicted molar refractivity (Wildman–Crippen MR) is 96.4 cm³/mol. The molecule has 0 radical (unpaired) electrons. The summed E-state index contributed by atoms with van der Waals surface area (Å²) in [6, 6.07) is 8.63. The molecule has 1 aromatic carbocycles. The van der Waals surface area contributed by atoms with Gasteiger partial charge in [0.15, 0.2) is 0 Å². The Labute approximate surface area is 148 Å². The van der Waals surface area contributed by atoms with Crippen LogP contribution in [0.2, 0.25) is 0 Å². The van der Waals surface area contributed by atoms with E-state index >= 15 is 0 Å². The van der Waals surface area contributed by atoms with E-state index in [4.69, 9.17) is 4.74 Å². The predicted octanol–water partition coefficient (Wildman–Crippen LogP) is 3.22. The van der Waals surface area contributed by atoms with Crippen LogP contribution in [-0.2, 0) is 4.74 Å². The van der Waals surface area contributed by atoms with Gasteiger partial charge in [0.1, 0.15) is 10.6 Å². The topological polar surface area (TPSA) is 84.3 Å². The first kappa shape index (κ1) is 16.0. The highest BCUT2D eigenvalue weighted by molar-refractivity contribution is 7.20. The lowest BCUT2D eigenvalue weighted by molar-refractivity contribution is 0.0903. The van der Waals surface area contributed by atoms with Crippen molar-refractivity contribution in [2.24, 2.45) is 0 Å².